The van der Waals surface area contributed by atoms with Crippen LogP contribution < -0.4 is 15.4 Å². The first kappa shape index (κ1) is 30.8. The Morgan fingerprint density at radius 2 is 1.65 bits per heavy atom. The first-order valence-corrected chi connectivity index (χ1v) is 12.8. The number of nitrogens with one attached hydrogen (secondary N) is 2. The molecule has 40 heavy (non-hydrogen) atoms. The number of carbonyl (C=O) groups excluding carboxylic acids is 1. The summed E-state index contributed by atoms with van der Waals surface area (Å²) < 4.78 is 106. The van der Waals surface area contributed by atoms with Gasteiger partial charge in [-0.2, -0.15) is 26.3 Å². The lowest BCUT2D eigenvalue weighted by Gasteiger charge is -2.19. The smallest absolute Gasteiger partial charge is 0.482 e. The molecule has 2 N–H and O–H groups in total. The number of aromatic nitrogens is 3. The van der Waals surface area contributed by atoms with Crippen LogP contribution in [0.2, 0.25) is 0 Å². The standard InChI is InChI=1S/C21H17BrF6N6O5S/c1-11-5-15(22)32-18(6-11)33-17-8-16(29-10-30-17)31-13-7-12(3-4-14(13)38-9-20(23,24)25)40(36,37)34(2)39-19(35)21(26,27)28/h3-8,10H,9H2,1-2H3,(H2,29,30,31,32,33). The van der Waals surface area contributed by atoms with E-state index in [9.17, 15) is 39.6 Å². The molecule has 2 heterocycles. The summed E-state index contributed by atoms with van der Waals surface area (Å²) in [6.45, 7) is 0.0664. The number of halogens is 7. The van der Waals surface area contributed by atoms with Crippen LogP contribution >= 0.6 is 15.9 Å². The summed E-state index contributed by atoms with van der Waals surface area (Å²) in [6.07, 6.45) is -9.17. The van der Waals surface area contributed by atoms with E-state index in [1.807, 2.05) is 6.92 Å². The molecule has 19 heteroatoms. The van der Waals surface area contributed by atoms with E-state index in [4.69, 9.17) is 4.74 Å². The number of benzene rings is 1. The Morgan fingerprint density at radius 1 is 1.00 bits per heavy atom. The molecule has 3 rings (SSSR count). The van der Waals surface area contributed by atoms with E-state index in [2.05, 4.69) is 46.4 Å². The van der Waals surface area contributed by atoms with Crippen molar-refractivity contribution in [3.63, 3.8) is 0 Å². The number of rotatable bonds is 9. The monoisotopic (exact) mass is 658 g/mol. The molecule has 0 unspecified atom stereocenters. The molecule has 0 aliphatic heterocycles. The number of alkyl halides is 6. The van der Waals surface area contributed by atoms with Gasteiger partial charge in [0.15, 0.2) is 6.61 Å². The maximum absolute atomic E-state index is 12.8. The van der Waals surface area contributed by atoms with E-state index in [-0.39, 0.29) is 21.8 Å². The van der Waals surface area contributed by atoms with Crippen LogP contribution in [0, 0.1) is 6.92 Å². The van der Waals surface area contributed by atoms with Crippen LogP contribution in [0.5, 0.6) is 5.75 Å². The van der Waals surface area contributed by atoms with E-state index >= 15 is 0 Å². The number of sulfonamides is 1. The van der Waals surface area contributed by atoms with E-state index in [0.29, 0.717) is 17.5 Å². The molecule has 2 aromatic heterocycles. The Morgan fingerprint density at radius 3 is 2.25 bits per heavy atom. The molecule has 0 atom stereocenters. The Balaban J connectivity index is 1.94. The van der Waals surface area contributed by atoms with Crippen molar-refractivity contribution in [3.8, 4) is 5.75 Å². The fraction of sp³-hybridized carbons (Fsp3) is 0.238. The normalized spacial score (nSPS) is 12.2. The zero-order valence-electron chi connectivity index (χ0n) is 20.1. The second-order valence-electron chi connectivity index (χ2n) is 7.74. The van der Waals surface area contributed by atoms with Crippen molar-refractivity contribution >= 4 is 55.1 Å². The molecule has 0 aliphatic carbocycles. The van der Waals surface area contributed by atoms with Gasteiger partial charge >= 0.3 is 18.3 Å². The van der Waals surface area contributed by atoms with Gasteiger partial charge in [0.1, 0.15) is 34.1 Å². The SMILES string of the molecule is Cc1cc(Br)nc(Nc2cc(Nc3cc(S(=O)(=O)N(C)OC(=O)C(F)(F)F)ccc3OCC(F)(F)F)ncn2)c1. The molecule has 3 aromatic rings. The van der Waals surface area contributed by atoms with Gasteiger partial charge in [0.25, 0.3) is 10.0 Å². The van der Waals surface area contributed by atoms with E-state index in [1.54, 1.807) is 12.1 Å². The molecular formula is C21H17BrF6N6O5S. The molecule has 1 aromatic carbocycles. The van der Waals surface area contributed by atoms with Crippen LogP contribution in [0.15, 0.2) is 52.2 Å². The lowest BCUT2D eigenvalue weighted by molar-refractivity contribution is -0.219. The van der Waals surface area contributed by atoms with Crippen LogP contribution in [-0.2, 0) is 19.7 Å². The molecule has 0 saturated carbocycles. The van der Waals surface area contributed by atoms with Gasteiger partial charge in [-0.25, -0.2) is 28.2 Å². The van der Waals surface area contributed by atoms with Crippen molar-refractivity contribution in [2.75, 3.05) is 24.3 Å². The minimum absolute atomic E-state index is 0.0486. The Hall–Kier alpha value is -3.71. The number of anilines is 4. The Kier molecular flexibility index (Phi) is 9.10. The van der Waals surface area contributed by atoms with Gasteiger partial charge in [-0.3, -0.25) is 0 Å². The van der Waals surface area contributed by atoms with E-state index in [0.717, 1.165) is 30.1 Å². The van der Waals surface area contributed by atoms with Gasteiger partial charge in [-0.1, -0.05) is 0 Å². The molecule has 216 valence electrons. The van der Waals surface area contributed by atoms with Crippen molar-refractivity contribution in [1.29, 1.82) is 0 Å². The summed E-state index contributed by atoms with van der Waals surface area (Å²) in [5.74, 6) is -2.77. The molecule has 0 bridgehead atoms. The van der Waals surface area contributed by atoms with Crippen LogP contribution in [0.25, 0.3) is 0 Å². The summed E-state index contributed by atoms with van der Waals surface area (Å²) >= 11 is 3.25. The van der Waals surface area contributed by atoms with Gasteiger partial charge in [0.2, 0.25) is 0 Å². The number of hydrogen-bond donors (Lipinski definition) is 2. The van der Waals surface area contributed by atoms with Crippen LogP contribution in [0.4, 0.5) is 49.5 Å². The number of hydrogen-bond acceptors (Lipinski definition) is 10. The molecule has 0 fully saturated rings. The summed E-state index contributed by atoms with van der Waals surface area (Å²) in [7, 11) is -4.38. The average Bonchev–Trinajstić information content (AvgIpc) is 2.81. The number of pyridine rings is 1. The highest BCUT2D eigenvalue weighted by molar-refractivity contribution is 9.10. The molecule has 0 saturated heterocycles. The summed E-state index contributed by atoms with van der Waals surface area (Å²) in [5, 5.41) is 5.49. The fourth-order valence-electron chi connectivity index (χ4n) is 2.87. The largest absolute Gasteiger partial charge is 0.492 e. The van der Waals surface area contributed by atoms with Crippen molar-refractivity contribution in [2.45, 2.75) is 24.2 Å². The number of aryl methyl sites for hydroxylation is 1. The third-order valence-corrected chi connectivity index (χ3v) is 6.55. The minimum Gasteiger partial charge on any atom is -0.482 e. The van der Waals surface area contributed by atoms with Crippen LogP contribution in [-0.4, -0.2) is 59.8 Å². The number of carbonyl (C=O) groups is 1. The lowest BCUT2D eigenvalue weighted by atomic mass is 10.3. The first-order chi connectivity index (χ1) is 18.4. The van der Waals surface area contributed by atoms with E-state index < -0.39 is 45.6 Å². The highest BCUT2D eigenvalue weighted by Crippen LogP contribution is 2.33. The Bertz CT molecular complexity index is 1490. The van der Waals surface area contributed by atoms with Gasteiger partial charge in [0, 0.05) is 13.1 Å². The molecule has 0 radical (unpaired) electrons. The van der Waals surface area contributed by atoms with E-state index in [1.165, 1.54) is 6.07 Å². The van der Waals surface area contributed by atoms with Crippen molar-refractivity contribution < 1.29 is 49.1 Å². The van der Waals surface area contributed by atoms with Gasteiger partial charge in [0.05, 0.1) is 10.6 Å². The summed E-state index contributed by atoms with van der Waals surface area (Å²) in [4.78, 5) is 26.3. The van der Waals surface area contributed by atoms with Crippen molar-refractivity contribution in [2.24, 2.45) is 0 Å². The first-order valence-electron chi connectivity index (χ1n) is 10.6. The second kappa shape index (κ2) is 11.8. The number of ether oxygens (including phenoxy) is 1. The molecule has 11 nitrogen and oxygen atoms in total. The number of hydroxylamine groups is 1. The molecular weight excluding hydrogens is 642 g/mol. The second-order valence-corrected chi connectivity index (χ2v) is 10.5. The Labute approximate surface area is 230 Å². The zero-order chi connectivity index (χ0) is 29.9. The van der Waals surface area contributed by atoms with Crippen molar-refractivity contribution in [3.05, 3.63) is 52.9 Å². The molecule has 0 spiro atoms. The van der Waals surface area contributed by atoms with Gasteiger partial charge in [-0.15, -0.1) is 0 Å². The summed E-state index contributed by atoms with van der Waals surface area (Å²) in [5.41, 5.74) is 0.481. The average molecular weight is 659 g/mol. The highest BCUT2D eigenvalue weighted by atomic mass is 79.9. The maximum atomic E-state index is 12.8. The summed E-state index contributed by atoms with van der Waals surface area (Å²) in [6, 6.07) is 7.09. The molecule has 0 amide bonds. The molecule has 0 aliphatic rings. The third kappa shape index (κ3) is 8.39. The van der Waals surface area contributed by atoms with Gasteiger partial charge < -0.3 is 20.2 Å². The number of nitrogens with zero attached hydrogens (tertiary/aromatic N) is 4. The third-order valence-electron chi connectivity index (χ3n) is 4.55. The van der Waals surface area contributed by atoms with Crippen LogP contribution in [0.1, 0.15) is 5.56 Å². The quantitative estimate of drug-likeness (QED) is 0.183. The fourth-order valence-corrected chi connectivity index (χ4v) is 4.39. The topological polar surface area (TPSA) is 136 Å². The lowest BCUT2D eigenvalue weighted by Crippen LogP contribution is -2.36. The van der Waals surface area contributed by atoms with Crippen molar-refractivity contribution in [1.82, 2.24) is 19.4 Å². The predicted molar refractivity (Wildman–Crippen MR) is 130 cm³/mol. The maximum Gasteiger partial charge on any atom is 0.492 e. The minimum atomic E-state index is -5.49. The predicted octanol–water partition coefficient (Wildman–Crippen LogP) is 5.01. The zero-order valence-corrected chi connectivity index (χ0v) is 22.5. The van der Waals surface area contributed by atoms with Crippen LogP contribution in [0.3, 0.4) is 0 Å². The van der Waals surface area contributed by atoms with Gasteiger partial charge in [-0.05, 0) is 63.2 Å². The highest BCUT2D eigenvalue weighted by Gasteiger charge is 2.44.